The van der Waals surface area contributed by atoms with E-state index in [2.05, 4.69) is 5.32 Å². The van der Waals surface area contributed by atoms with Crippen molar-refractivity contribution in [1.29, 1.82) is 0 Å². The van der Waals surface area contributed by atoms with E-state index >= 15 is 0 Å². The normalized spacial score (nSPS) is 13.7. The number of nitrogens with two attached hydrogens (primary N) is 1. The van der Waals surface area contributed by atoms with Crippen molar-refractivity contribution in [1.82, 2.24) is 10.2 Å². The van der Waals surface area contributed by atoms with Crippen molar-refractivity contribution in [3.8, 4) is 0 Å². The molecule has 3 N–H and O–H groups in total. The van der Waals surface area contributed by atoms with Crippen molar-refractivity contribution in [3.05, 3.63) is 47.5 Å². The molecule has 0 aliphatic carbocycles. The first kappa shape index (κ1) is 17.6. The molecule has 0 spiro atoms. The smallest absolute Gasteiger partial charge is 0.261 e. The van der Waals surface area contributed by atoms with E-state index < -0.39 is 0 Å². The number of carbonyl (C=O) groups excluding carboxylic acids is 2. The van der Waals surface area contributed by atoms with Crippen molar-refractivity contribution in [3.63, 3.8) is 0 Å². The first-order valence-electron chi connectivity index (χ1n) is 9.03. The third-order valence-electron chi connectivity index (χ3n) is 4.65. The summed E-state index contributed by atoms with van der Waals surface area (Å²) in [5, 5.41) is 5.10. The highest BCUT2D eigenvalue weighted by Crippen LogP contribution is 2.29. The van der Waals surface area contributed by atoms with Gasteiger partial charge in [-0.1, -0.05) is 24.3 Å². The summed E-state index contributed by atoms with van der Waals surface area (Å²) in [6.45, 7) is 3.06. The largest absolute Gasteiger partial charge is 0.330 e. The summed E-state index contributed by atoms with van der Waals surface area (Å²) in [4.78, 5) is 26.9. The molecule has 25 heavy (non-hydrogen) atoms. The molecule has 0 saturated carbocycles. The molecular weight excluding hydrogens is 314 g/mol. The van der Waals surface area contributed by atoms with Gasteiger partial charge < -0.3 is 11.1 Å². The van der Waals surface area contributed by atoms with E-state index in [9.17, 15) is 9.59 Å². The first-order chi connectivity index (χ1) is 12.2. The van der Waals surface area contributed by atoms with Crippen LogP contribution in [0.3, 0.4) is 0 Å². The Balaban J connectivity index is 1.59. The number of unbranched alkanes of at least 4 members (excludes halogenated alkanes) is 2. The minimum atomic E-state index is -0.176. The second-order valence-corrected chi connectivity index (χ2v) is 6.42. The molecule has 3 rings (SSSR count). The highest BCUT2D eigenvalue weighted by Gasteiger charge is 2.31. The molecule has 0 aromatic heterocycles. The van der Waals surface area contributed by atoms with Crippen molar-refractivity contribution in [2.24, 2.45) is 5.73 Å². The van der Waals surface area contributed by atoms with E-state index in [0.717, 1.165) is 56.1 Å². The van der Waals surface area contributed by atoms with E-state index in [4.69, 9.17) is 5.73 Å². The molecule has 0 fully saturated rings. The lowest BCUT2D eigenvalue weighted by atomic mass is 9.94. The number of amides is 2. The minimum Gasteiger partial charge on any atom is -0.330 e. The van der Waals surface area contributed by atoms with Gasteiger partial charge in [0.1, 0.15) is 0 Å². The highest BCUT2D eigenvalue weighted by molar-refractivity contribution is 6.25. The Hall–Kier alpha value is -2.24. The molecule has 132 valence electrons. The Morgan fingerprint density at radius 2 is 1.44 bits per heavy atom. The third kappa shape index (κ3) is 3.72. The van der Waals surface area contributed by atoms with Gasteiger partial charge >= 0.3 is 0 Å². The molecule has 5 heteroatoms. The van der Waals surface area contributed by atoms with E-state index in [1.54, 1.807) is 0 Å². The van der Waals surface area contributed by atoms with Crippen molar-refractivity contribution in [2.75, 3.05) is 26.2 Å². The molecule has 0 radical (unpaired) electrons. The van der Waals surface area contributed by atoms with Crippen LogP contribution in [0.2, 0.25) is 0 Å². The molecule has 1 aliphatic rings. The maximum atomic E-state index is 12.7. The van der Waals surface area contributed by atoms with Gasteiger partial charge in [-0.15, -0.1) is 0 Å². The van der Waals surface area contributed by atoms with Gasteiger partial charge in [0.15, 0.2) is 0 Å². The average molecular weight is 339 g/mol. The lowest BCUT2D eigenvalue weighted by Gasteiger charge is -2.27. The topological polar surface area (TPSA) is 75.4 Å². The van der Waals surface area contributed by atoms with Crippen LogP contribution in [0.4, 0.5) is 0 Å². The molecule has 0 atom stereocenters. The number of hydrogen-bond acceptors (Lipinski definition) is 4. The lowest BCUT2D eigenvalue weighted by Crippen LogP contribution is -2.41. The van der Waals surface area contributed by atoms with Crippen molar-refractivity contribution in [2.45, 2.75) is 25.7 Å². The van der Waals surface area contributed by atoms with Gasteiger partial charge in [0.2, 0.25) is 0 Å². The van der Waals surface area contributed by atoms with E-state index in [-0.39, 0.29) is 11.8 Å². The van der Waals surface area contributed by atoms with Crippen LogP contribution in [0.1, 0.15) is 46.4 Å². The van der Waals surface area contributed by atoms with E-state index in [1.165, 1.54) is 4.90 Å². The minimum absolute atomic E-state index is 0.176. The first-order valence-corrected chi connectivity index (χ1v) is 9.03. The predicted octanol–water partition coefficient (Wildman–Crippen LogP) is 2.54. The van der Waals surface area contributed by atoms with Crippen LogP contribution in [0.25, 0.3) is 10.8 Å². The SMILES string of the molecule is NCCCCNCCCCN1C(=O)c2cccc3cccc(c23)C1=O. The lowest BCUT2D eigenvalue weighted by molar-refractivity contribution is 0.0608. The molecule has 1 aliphatic heterocycles. The van der Waals surface area contributed by atoms with Crippen LogP contribution >= 0.6 is 0 Å². The summed E-state index contributed by atoms with van der Waals surface area (Å²) in [5.41, 5.74) is 6.73. The summed E-state index contributed by atoms with van der Waals surface area (Å²) in [6, 6.07) is 11.3. The third-order valence-corrected chi connectivity index (χ3v) is 4.65. The molecule has 0 unspecified atom stereocenters. The Morgan fingerprint density at radius 3 is 2.04 bits per heavy atom. The van der Waals surface area contributed by atoms with Crippen LogP contribution in [-0.2, 0) is 0 Å². The van der Waals surface area contributed by atoms with Gasteiger partial charge in [-0.25, -0.2) is 0 Å². The zero-order valence-electron chi connectivity index (χ0n) is 14.5. The van der Waals surface area contributed by atoms with Gasteiger partial charge in [0.25, 0.3) is 11.8 Å². The second kappa shape index (κ2) is 8.23. The van der Waals surface area contributed by atoms with Crippen LogP contribution in [0, 0.1) is 0 Å². The number of carbonyl (C=O) groups is 2. The van der Waals surface area contributed by atoms with Crippen LogP contribution < -0.4 is 11.1 Å². The monoisotopic (exact) mass is 339 g/mol. The van der Waals surface area contributed by atoms with E-state index in [1.807, 2.05) is 36.4 Å². The second-order valence-electron chi connectivity index (χ2n) is 6.42. The van der Waals surface area contributed by atoms with Crippen LogP contribution in [0.15, 0.2) is 36.4 Å². The predicted molar refractivity (Wildman–Crippen MR) is 99.7 cm³/mol. The highest BCUT2D eigenvalue weighted by atomic mass is 16.2. The molecule has 5 nitrogen and oxygen atoms in total. The maximum Gasteiger partial charge on any atom is 0.261 e. The van der Waals surface area contributed by atoms with Gasteiger partial charge in [-0.05, 0) is 62.8 Å². The Morgan fingerprint density at radius 1 is 0.840 bits per heavy atom. The fourth-order valence-electron chi connectivity index (χ4n) is 3.32. The van der Waals surface area contributed by atoms with Crippen LogP contribution in [0.5, 0.6) is 0 Å². The molecule has 2 aromatic rings. The zero-order chi connectivity index (χ0) is 17.6. The molecular formula is C20H25N3O2. The molecule has 0 saturated heterocycles. The summed E-state index contributed by atoms with van der Waals surface area (Å²) < 4.78 is 0. The standard InChI is InChI=1S/C20H25N3O2/c21-11-1-2-12-22-13-3-4-14-23-19(24)16-9-5-7-15-8-6-10-17(18(15)16)20(23)25/h5-10,22H,1-4,11-14,21H2. The number of hydrogen-bond donors (Lipinski definition) is 2. The van der Waals surface area contributed by atoms with Gasteiger partial charge in [0, 0.05) is 23.1 Å². The average Bonchev–Trinajstić information content (AvgIpc) is 2.64. The quantitative estimate of drug-likeness (QED) is 0.544. The number of nitrogens with zero attached hydrogens (tertiary/aromatic N) is 1. The van der Waals surface area contributed by atoms with E-state index in [0.29, 0.717) is 17.7 Å². The fourth-order valence-corrected chi connectivity index (χ4v) is 3.32. The Kier molecular flexibility index (Phi) is 5.79. The van der Waals surface area contributed by atoms with Crippen molar-refractivity contribution < 1.29 is 9.59 Å². The Labute approximate surface area is 148 Å². The number of rotatable bonds is 9. The number of imide groups is 1. The number of benzene rings is 2. The van der Waals surface area contributed by atoms with Gasteiger partial charge in [-0.3, -0.25) is 14.5 Å². The number of nitrogens with one attached hydrogen (secondary N) is 1. The molecule has 2 amide bonds. The maximum absolute atomic E-state index is 12.7. The summed E-state index contributed by atoms with van der Waals surface area (Å²) in [6.07, 6.45) is 3.86. The fraction of sp³-hybridized carbons (Fsp3) is 0.400. The van der Waals surface area contributed by atoms with Gasteiger partial charge in [-0.2, -0.15) is 0 Å². The molecule has 2 aromatic carbocycles. The van der Waals surface area contributed by atoms with Crippen molar-refractivity contribution >= 4 is 22.6 Å². The Bertz CT molecular complexity index is 722. The molecule has 1 heterocycles. The molecule has 0 bridgehead atoms. The summed E-state index contributed by atoms with van der Waals surface area (Å²) in [7, 11) is 0. The summed E-state index contributed by atoms with van der Waals surface area (Å²) in [5.74, 6) is -0.351. The summed E-state index contributed by atoms with van der Waals surface area (Å²) >= 11 is 0. The van der Waals surface area contributed by atoms with Crippen LogP contribution in [-0.4, -0.2) is 42.9 Å². The van der Waals surface area contributed by atoms with Gasteiger partial charge in [0.05, 0.1) is 0 Å². The zero-order valence-corrected chi connectivity index (χ0v) is 14.5.